The van der Waals surface area contributed by atoms with Crippen LogP contribution in [0.3, 0.4) is 0 Å². The van der Waals surface area contributed by atoms with Crippen molar-refractivity contribution < 1.29 is 49.3 Å². The topological polar surface area (TPSA) is 175 Å². The summed E-state index contributed by atoms with van der Waals surface area (Å²) < 4.78 is 15.8. The molecule has 1 saturated carbocycles. The summed E-state index contributed by atoms with van der Waals surface area (Å²) >= 11 is 0. The fraction of sp³-hybridized carbons (Fsp3) is 0.556. The van der Waals surface area contributed by atoms with Gasteiger partial charge in [-0.3, -0.25) is 9.59 Å². The van der Waals surface area contributed by atoms with Crippen LogP contribution in [0.2, 0.25) is 0 Å². The molecule has 2 heterocycles. The van der Waals surface area contributed by atoms with Gasteiger partial charge in [-0.2, -0.15) is 0 Å². The number of ether oxygens (including phenoxy) is 3. The number of hydrogen-bond donors (Lipinski definition) is 6. The fourth-order valence-corrected chi connectivity index (χ4v) is 4.14. The number of aliphatic hydroxyl groups excluding tert-OH is 4. The molecule has 1 aliphatic carbocycles. The number of aromatic hydroxyl groups is 1. The van der Waals surface area contributed by atoms with Gasteiger partial charge >= 0.3 is 5.97 Å². The molecule has 3 aliphatic rings. The molecule has 0 radical (unpaired) electrons. The van der Waals surface area contributed by atoms with Crippen LogP contribution in [0.15, 0.2) is 6.07 Å². The molecule has 1 aromatic carbocycles. The summed E-state index contributed by atoms with van der Waals surface area (Å²) in [4.78, 5) is 24.7. The standard InChI is InChI=1S/C18H21NO10/c1-5(20)2-8(21)29-17-9-6-3-7-16(28-4-27-7)12(22)10(6)18(26)19-11(9)13(23)14(24)15(17)25/h3,5,9,11,13-15,17,20,22-25H,2,4H2,1H3,(H,19,26)/t5?,9-,11-,13+,14+,15-,17-/m1/s1. The van der Waals surface area contributed by atoms with Gasteiger partial charge in [0.05, 0.1) is 24.1 Å². The first kappa shape index (κ1) is 19.7. The van der Waals surface area contributed by atoms with E-state index in [4.69, 9.17) is 14.2 Å². The van der Waals surface area contributed by atoms with Crippen LogP contribution in [0.25, 0.3) is 0 Å². The predicted octanol–water partition coefficient (Wildman–Crippen LogP) is -1.90. The maximum Gasteiger partial charge on any atom is 0.308 e. The zero-order valence-corrected chi connectivity index (χ0v) is 15.3. The average Bonchev–Trinajstić information content (AvgIpc) is 3.12. The number of phenols is 1. The van der Waals surface area contributed by atoms with Gasteiger partial charge in [-0.15, -0.1) is 0 Å². The van der Waals surface area contributed by atoms with E-state index in [2.05, 4.69) is 5.32 Å². The molecule has 0 saturated heterocycles. The van der Waals surface area contributed by atoms with E-state index in [1.165, 1.54) is 13.0 Å². The van der Waals surface area contributed by atoms with Gasteiger partial charge in [0.2, 0.25) is 12.5 Å². The van der Waals surface area contributed by atoms with E-state index in [1.807, 2.05) is 0 Å². The van der Waals surface area contributed by atoms with Crippen molar-refractivity contribution in [2.24, 2.45) is 0 Å². The number of rotatable bonds is 3. The van der Waals surface area contributed by atoms with E-state index in [0.29, 0.717) is 0 Å². The molecule has 7 atom stereocenters. The Morgan fingerprint density at radius 3 is 2.69 bits per heavy atom. The van der Waals surface area contributed by atoms with Crippen LogP contribution in [0.1, 0.15) is 35.2 Å². The van der Waals surface area contributed by atoms with Gasteiger partial charge in [-0.05, 0) is 18.6 Å². The molecular formula is C18H21NO10. The lowest BCUT2D eigenvalue weighted by Crippen LogP contribution is -2.67. The van der Waals surface area contributed by atoms with E-state index < -0.39 is 60.1 Å². The highest BCUT2D eigenvalue weighted by atomic mass is 16.7. The van der Waals surface area contributed by atoms with Gasteiger partial charge in [-0.25, -0.2) is 0 Å². The molecule has 1 amide bonds. The Bertz CT molecular complexity index is 856. The van der Waals surface area contributed by atoms with E-state index >= 15 is 0 Å². The maximum absolute atomic E-state index is 12.6. The van der Waals surface area contributed by atoms with E-state index in [-0.39, 0.29) is 35.8 Å². The monoisotopic (exact) mass is 411 g/mol. The maximum atomic E-state index is 12.6. The first-order valence-electron chi connectivity index (χ1n) is 9.08. The van der Waals surface area contributed by atoms with Gasteiger partial charge in [0.25, 0.3) is 5.91 Å². The number of carbonyl (C=O) groups is 2. The molecule has 11 heteroatoms. The lowest BCUT2D eigenvalue weighted by Gasteiger charge is -2.48. The van der Waals surface area contributed by atoms with Gasteiger partial charge in [0, 0.05) is 5.92 Å². The van der Waals surface area contributed by atoms with Gasteiger partial charge in [0.15, 0.2) is 11.5 Å². The van der Waals surface area contributed by atoms with Gasteiger partial charge < -0.3 is 45.1 Å². The number of hydrogen-bond acceptors (Lipinski definition) is 10. The summed E-state index contributed by atoms with van der Waals surface area (Å²) in [6.45, 7) is 1.22. The number of nitrogens with one attached hydrogen (secondary N) is 1. The average molecular weight is 411 g/mol. The SMILES string of the molecule is CC(O)CC(=O)O[C@H]1[C@H](O)[C@@H](O)[C@@H](O)[C@@H]2NC(=O)c3c(cc4c(c3O)OCO4)[C@H]21. The lowest BCUT2D eigenvalue weighted by atomic mass is 9.70. The molecule has 1 aromatic rings. The second kappa shape index (κ2) is 7.02. The van der Waals surface area contributed by atoms with E-state index in [0.717, 1.165) is 0 Å². The minimum Gasteiger partial charge on any atom is -0.504 e. The van der Waals surface area contributed by atoms with Crippen LogP contribution in [0, 0.1) is 0 Å². The molecule has 0 spiro atoms. The quantitative estimate of drug-likeness (QED) is 0.308. The molecule has 11 nitrogen and oxygen atoms in total. The highest BCUT2D eigenvalue weighted by Gasteiger charge is 2.55. The molecule has 4 rings (SSSR count). The fourth-order valence-electron chi connectivity index (χ4n) is 4.14. The van der Waals surface area contributed by atoms with Crippen LogP contribution in [-0.4, -0.2) is 80.8 Å². The number of amides is 1. The highest BCUT2D eigenvalue weighted by molar-refractivity contribution is 6.01. The summed E-state index contributed by atoms with van der Waals surface area (Å²) in [7, 11) is 0. The van der Waals surface area contributed by atoms with E-state index in [1.54, 1.807) is 0 Å². The molecular weight excluding hydrogens is 390 g/mol. The Balaban J connectivity index is 1.81. The third-order valence-electron chi connectivity index (χ3n) is 5.43. The van der Waals surface area contributed by atoms with Crippen molar-refractivity contribution in [3.05, 3.63) is 17.2 Å². The lowest BCUT2D eigenvalue weighted by molar-refractivity contribution is -0.187. The van der Waals surface area contributed by atoms with Crippen molar-refractivity contribution in [3.63, 3.8) is 0 Å². The number of esters is 1. The Hall–Kier alpha value is -2.60. The minimum absolute atomic E-state index is 0.0167. The zero-order chi connectivity index (χ0) is 21.0. The molecule has 2 aliphatic heterocycles. The number of phenolic OH excluding ortho intramolecular Hbond substituents is 1. The molecule has 0 aromatic heterocycles. The van der Waals surface area contributed by atoms with Gasteiger partial charge in [0.1, 0.15) is 24.4 Å². The van der Waals surface area contributed by atoms with Gasteiger partial charge in [-0.1, -0.05) is 0 Å². The summed E-state index contributed by atoms with van der Waals surface area (Å²) in [5, 5.41) is 53.5. The summed E-state index contributed by atoms with van der Waals surface area (Å²) in [5.74, 6) is -2.91. The van der Waals surface area contributed by atoms with Crippen LogP contribution >= 0.6 is 0 Å². The van der Waals surface area contributed by atoms with Crippen LogP contribution < -0.4 is 14.8 Å². The van der Waals surface area contributed by atoms with Crippen molar-refractivity contribution in [3.8, 4) is 17.2 Å². The largest absolute Gasteiger partial charge is 0.504 e. The number of benzene rings is 1. The van der Waals surface area contributed by atoms with E-state index in [9.17, 15) is 35.1 Å². The summed E-state index contributed by atoms with van der Waals surface area (Å²) in [6, 6.07) is 0.304. The van der Waals surface area contributed by atoms with Crippen molar-refractivity contribution in [2.45, 2.75) is 55.8 Å². The number of aliphatic hydroxyl groups is 4. The molecule has 158 valence electrons. The van der Waals surface area contributed by atoms with Crippen molar-refractivity contribution in [1.29, 1.82) is 0 Å². The molecule has 1 unspecified atom stereocenters. The Morgan fingerprint density at radius 1 is 1.28 bits per heavy atom. The number of carbonyl (C=O) groups excluding carboxylic acids is 2. The first-order chi connectivity index (χ1) is 13.7. The molecule has 0 bridgehead atoms. The number of fused-ring (bicyclic) bond motifs is 4. The van der Waals surface area contributed by atoms with Crippen LogP contribution in [-0.2, 0) is 9.53 Å². The van der Waals surface area contributed by atoms with Crippen LogP contribution in [0.4, 0.5) is 0 Å². The predicted molar refractivity (Wildman–Crippen MR) is 92.4 cm³/mol. The Kier molecular flexibility index (Phi) is 4.77. The summed E-state index contributed by atoms with van der Waals surface area (Å²) in [6.07, 6.45) is -7.67. The normalized spacial score (nSPS) is 33.3. The van der Waals surface area contributed by atoms with Crippen LogP contribution in [0.5, 0.6) is 17.2 Å². The molecule has 6 N–H and O–H groups in total. The Morgan fingerprint density at radius 2 is 2.00 bits per heavy atom. The Labute approximate surface area is 164 Å². The first-order valence-corrected chi connectivity index (χ1v) is 9.08. The van der Waals surface area contributed by atoms with Crippen molar-refractivity contribution in [1.82, 2.24) is 5.32 Å². The molecule has 29 heavy (non-hydrogen) atoms. The zero-order valence-electron chi connectivity index (χ0n) is 15.3. The smallest absolute Gasteiger partial charge is 0.308 e. The van der Waals surface area contributed by atoms with Crippen molar-refractivity contribution in [2.75, 3.05) is 6.79 Å². The third-order valence-corrected chi connectivity index (χ3v) is 5.43. The van der Waals surface area contributed by atoms with Crippen molar-refractivity contribution >= 4 is 11.9 Å². The summed E-state index contributed by atoms with van der Waals surface area (Å²) in [5.41, 5.74) is 0.00297. The molecule has 1 fully saturated rings. The highest BCUT2D eigenvalue weighted by Crippen LogP contribution is 2.50. The third kappa shape index (κ3) is 3.06. The second-order valence-corrected chi connectivity index (χ2v) is 7.43. The second-order valence-electron chi connectivity index (χ2n) is 7.43. The minimum atomic E-state index is -1.70.